The van der Waals surface area contributed by atoms with E-state index in [-0.39, 0.29) is 16.9 Å². The van der Waals surface area contributed by atoms with E-state index in [9.17, 15) is 8.42 Å². The summed E-state index contributed by atoms with van der Waals surface area (Å²) in [4.78, 5) is 8.18. The Morgan fingerprint density at radius 1 is 1.21 bits per heavy atom. The maximum Gasteiger partial charge on any atom is 0.242 e. The summed E-state index contributed by atoms with van der Waals surface area (Å²) in [7, 11) is -1.87. The van der Waals surface area contributed by atoms with Crippen LogP contribution in [0.25, 0.3) is 0 Å². The Kier molecular flexibility index (Phi) is 6.53. The minimum Gasteiger partial charge on any atom is -0.356 e. The molecule has 1 saturated carbocycles. The van der Waals surface area contributed by atoms with E-state index in [1.165, 1.54) is 24.0 Å². The smallest absolute Gasteiger partial charge is 0.242 e. The topological polar surface area (TPSA) is 95.5 Å². The van der Waals surface area contributed by atoms with E-state index in [1.54, 1.807) is 13.1 Å². The number of rotatable bonds is 8. The summed E-state index contributed by atoms with van der Waals surface area (Å²) >= 11 is 6.12. The summed E-state index contributed by atoms with van der Waals surface area (Å²) in [5.74, 6) is 0.633. The number of benzene rings is 1. The van der Waals surface area contributed by atoms with Crippen LogP contribution in [0.1, 0.15) is 18.4 Å². The number of guanidine groups is 1. The van der Waals surface area contributed by atoms with Crippen LogP contribution in [-0.2, 0) is 15.4 Å². The summed E-state index contributed by atoms with van der Waals surface area (Å²) in [5.41, 5.74) is 1.32. The molecule has 1 heterocycles. The molecule has 0 atom stereocenters. The second-order valence-corrected chi connectivity index (χ2v) is 8.93. The van der Waals surface area contributed by atoms with Crippen molar-refractivity contribution in [3.63, 3.8) is 0 Å². The van der Waals surface area contributed by atoms with Gasteiger partial charge in [-0.2, -0.15) is 0 Å². The highest BCUT2D eigenvalue weighted by Gasteiger charge is 2.44. The van der Waals surface area contributed by atoms with E-state index in [0.29, 0.717) is 12.5 Å². The standard InChI is InChI=1S/C19H24ClN5O2S/c1-21-18(23-10-11-25-28(26,27)17-6-3-9-22-13-17)24-14-19(7-8-19)15-4-2-5-16(20)12-15/h2-6,9,12-13,25H,7-8,10-11,14H2,1H3,(H2,21,23,24). The predicted molar refractivity (Wildman–Crippen MR) is 111 cm³/mol. The molecule has 1 fully saturated rings. The van der Waals surface area contributed by atoms with Crippen LogP contribution in [0.4, 0.5) is 0 Å². The van der Waals surface area contributed by atoms with Crippen molar-refractivity contribution in [2.45, 2.75) is 23.2 Å². The minimum atomic E-state index is -3.56. The van der Waals surface area contributed by atoms with Crippen molar-refractivity contribution in [2.75, 3.05) is 26.7 Å². The van der Waals surface area contributed by atoms with E-state index in [4.69, 9.17) is 11.6 Å². The van der Waals surface area contributed by atoms with Gasteiger partial charge in [-0.1, -0.05) is 23.7 Å². The fourth-order valence-corrected chi connectivity index (χ4v) is 4.15. The van der Waals surface area contributed by atoms with Gasteiger partial charge in [-0.3, -0.25) is 9.98 Å². The van der Waals surface area contributed by atoms with E-state index < -0.39 is 10.0 Å². The normalized spacial score (nSPS) is 15.9. The van der Waals surface area contributed by atoms with Gasteiger partial charge in [0, 0.05) is 49.5 Å². The van der Waals surface area contributed by atoms with Crippen LogP contribution in [-0.4, -0.2) is 46.0 Å². The van der Waals surface area contributed by atoms with Crippen LogP contribution in [0, 0.1) is 0 Å². The lowest BCUT2D eigenvalue weighted by atomic mass is 9.96. The van der Waals surface area contributed by atoms with Gasteiger partial charge in [0.25, 0.3) is 0 Å². The molecule has 0 amide bonds. The molecule has 2 aromatic rings. The summed E-state index contributed by atoms with van der Waals surface area (Å²) in [6, 6.07) is 11.1. The molecule has 0 spiro atoms. The zero-order chi connectivity index (χ0) is 20.0. The molecule has 1 aliphatic rings. The molecule has 1 aromatic heterocycles. The van der Waals surface area contributed by atoms with E-state index in [1.807, 2.05) is 18.2 Å². The van der Waals surface area contributed by atoms with Gasteiger partial charge < -0.3 is 10.6 Å². The number of aliphatic imine (C=N–C) groups is 1. The van der Waals surface area contributed by atoms with Gasteiger partial charge in [0.05, 0.1) is 0 Å². The molecular weight excluding hydrogens is 398 g/mol. The Labute approximate surface area is 170 Å². The fraction of sp³-hybridized carbons (Fsp3) is 0.368. The number of hydrogen-bond acceptors (Lipinski definition) is 4. The largest absolute Gasteiger partial charge is 0.356 e. The zero-order valence-electron chi connectivity index (χ0n) is 15.7. The molecule has 1 aromatic carbocycles. The van der Waals surface area contributed by atoms with Gasteiger partial charge in [-0.15, -0.1) is 0 Å². The number of pyridine rings is 1. The van der Waals surface area contributed by atoms with Crippen LogP contribution in [0.3, 0.4) is 0 Å². The molecule has 150 valence electrons. The van der Waals surface area contributed by atoms with E-state index >= 15 is 0 Å². The highest BCUT2D eigenvalue weighted by atomic mass is 35.5. The van der Waals surface area contributed by atoms with E-state index in [0.717, 1.165) is 24.4 Å². The molecule has 1 aliphatic carbocycles. The van der Waals surface area contributed by atoms with Crippen molar-refractivity contribution in [3.8, 4) is 0 Å². The average Bonchev–Trinajstić information content (AvgIpc) is 3.49. The van der Waals surface area contributed by atoms with Gasteiger partial charge in [-0.25, -0.2) is 13.1 Å². The molecule has 9 heteroatoms. The lowest BCUT2D eigenvalue weighted by Gasteiger charge is -2.19. The molecule has 0 radical (unpaired) electrons. The second-order valence-electron chi connectivity index (χ2n) is 6.73. The van der Waals surface area contributed by atoms with Crippen LogP contribution in [0.2, 0.25) is 5.02 Å². The summed E-state index contributed by atoms with van der Waals surface area (Å²) in [5, 5.41) is 7.20. The SMILES string of the molecule is CN=C(NCCNS(=O)(=O)c1cccnc1)NCC1(c2cccc(Cl)c2)CC1. The molecule has 0 aliphatic heterocycles. The van der Waals surface area contributed by atoms with Crippen molar-refractivity contribution < 1.29 is 8.42 Å². The third-order valence-corrected chi connectivity index (χ3v) is 6.44. The maximum absolute atomic E-state index is 12.2. The Morgan fingerprint density at radius 3 is 2.68 bits per heavy atom. The van der Waals surface area contributed by atoms with Crippen molar-refractivity contribution in [3.05, 3.63) is 59.4 Å². The highest BCUT2D eigenvalue weighted by molar-refractivity contribution is 7.89. The van der Waals surface area contributed by atoms with Crippen LogP contribution < -0.4 is 15.4 Å². The van der Waals surface area contributed by atoms with Crippen LogP contribution >= 0.6 is 11.6 Å². The average molecular weight is 422 g/mol. The molecule has 3 N–H and O–H groups in total. The Hall–Kier alpha value is -2.16. The molecule has 3 rings (SSSR count). The maximum atomic E-state index is 12.2. The van der Waals surface area contributed by atoms with Gasteiger partial charge in [0.1, 0.15) is 4.90 Å². The summed E-state index contributed by atoms with van der Waals surface area (Å²) < 4.78 is 26.9. The summed E-state index contributed by atoms with van der Waals surface area (Å²) in [6.45, 7) is 1.38. The van der Waals surface area contributed by atoms with Crippen LogP contribution in [0.15, 0.2) is 58.7 Å². The quantitative estimate of drug-likeness (QED) is 0.344. The third-order valence-electron chi connectivity index (χ3n) is 4.76. The molecule has 0 unspecified atom stereocenters. The Balaban J connectivity index is 1.46. The Morgan fingerprint density at radius 2 is 2.04 bits per heavy atom. The van der Waals surface area contributed by atoms with Crippen LogP contribution in [0.5, 0.6) is 0 Å². The van der Waals surface area contributed by atoms with Gasteiger partial charge in [0.15, 0.2) is 5.96 Å². The predicted octanol–water partition coefficient (Wildman–Crippen LogP) is 1.91. The monoisotopic (exact) mass is 421 g/mol. The number of hydrogen-bond donors (Lipinski definition) is 3. The van der Waals surface area contributed by atoms with E-state index in [2.05, 4.69) is 31.4 Å². The van der Waals surface area contributed by atoms with Crippen molar-refractivity contribution in [2.24, 2.45) is 4.99 Å². The number of aromatic nitrogens is 1. The molecule has 7 nitrogen and oxygen atoms in total. The van der Waals surface area contributed by atoms with Crippen molar-refractivity contribution in [1.82, 2.24) is 20.3 Å². The minimum absolute atomic E-state index is 0.0877. The first-order valence-corrected chi connectivity index (χ1v) is 10.9. The Bertz CT molecular complexity index is 930. The number of nitrogens with one attached hydrogen (secondary N) is 3. The first kappa shape index (κ1) is 20.6. The molecular formula is C19H24ClN5O2S. The molecule has 28 heavy (non-hydrogen) atoms. The first-order chi connectivity index (χ1) is 13.5. The van der Waals surface area contributed by atoms with Crippen molar-refractivity contribution >= 4 is 27.6 Å². The number of nitrogens with zero attached hydrogens (tertiary/aromatic N) is 2. The van der Waals surface area contributed by atoms with Gasteiger partial charge in [0.2, 0.25) is 10.0 Å². The highest BCUT2D eigenvalue weighted by Crippen LogP contribution is 2.48. The molecule has 0 saturated heterocycles. The third kappa shape index (κ3) is 5.21. The molecule has 0 bridgehead atoms. The second kappa shape index (κ2) is 8.89. The fourth-order valence-electron chi connectivity index (χ4n) is 2.97. The zero-order valence-corrected chi connectivity index (χ0v) is 17.2. The van der Waals surface area contributed by atoms with Gasteiger partial charge in [-0.05, 0) is 42.7 Å². The first-order valence-electron chi connectivity index (χ1n) is 9.05. The lowest BCUT2D eigenvalue weighted by molar-refractivity contribution is 0.579. The number of sulfonamides is 1. The lowest BCUT2D eigenvalue weighted by Crippen LogP contribution is -2.44. The summed E-state index contributed by atoms with van der Waals surface area (Å²) in [6.07, 6.45) is 5.05. The number of halogens is 1. The van der Waals surface area contributed by atoms with Gasteiger partial charge >= 0.3 is 0 Å². The van der Waals surface area contributed by atoms with Crippen molar-refractivity contribution in [1.29, 1.82) is 0 Å².